The minimum atomic E-state index is -0.875. The summed E-state index contributed by atoms with van der Waals surface area (Å²) in [6, 6.07) is 6.51. The first kappa shape index (κ1) is 25.0. The van der Waals surface area contributed by atoms with E-state index < -0.39 is 22.3 Å². The van der Waals surface area contributed by atoms with Crippen LogP contribution in [0.4, 0.5) is 15.8 Å². The molecule has 0 bridgehead atoms. The van der Waals surface area contributed by atoms with Gasteiger partial charge in [-0.2, -0.15) is 0 Å². The average Bonchev–Trinajstić information content (AvgIpc) is 3.12. The zero-order valence-electron chi connectivity index (χ0n) is 20.0. The van der Waals surface area contributed by atoms with Gasteiger partial charge in [-0.1, -0.05) is 6.42 Å². The Morgan fingerprint density at radius 1 is 1.14 bits per heavy atom. The molecule has 11 nitrogen and oxygen atoms in total. The van der Waals surface area contributed by atoms with Gasteiger partial charge in [-0.05, 0) is 31.0 Å². The molecule has 2 aromatic carbocycles. The normalized spacial score (nSPS) is 13.0. The Morgan fingerprint density at radius 2 is 1.97 bits per heavy atom. The molecule has 12 heteroatoms. The summed E-state index contributed by atoms with van der Waals surface area (Å²) in [7, 11) is 2.83. The third-order valence-electron chi connectivity index (χ3n) is 5.85. The van der Waals surface area contributed by atoms with Gasteiger partial charge in [0.2, 0.25) is 0 Å². The van der Waals surface area contributed by atoms with Crippen LogP contribution in [0.5, 0.6) is 11.5 Å². The maximum Gasteiger partial charge on any atom is 0.286 e. The van der Waals surface area contributed by atoms with E-state index >= 15 is 0 Å². The van der Waals surface area contributed by atoms with Gasteiger partial charge in [0, 0.05) is 31.7 Å². The molecule has 0 spiro atoms. The number of amides is 1. The summed E-state index contributed by atoms with van der Waals surface area (Å²) in [5, 5.41) is 22.7. The average molecular weight is 499 g/mol. The van der Waals surface area contributed by atoms with E-state index in [-0.39, 0.29) is 36.0 Å². The predicted octanol–water partition coefficient (Wildman–Crippen LogP) is 4.00. The number of rotatable bonds is 9. The van der Waals surface area contributed by atoms with Crippen LogP contribution in [0.15, 0.2) is 30.3 Å². The summed E-state index contributed by atoms with van der Waals surface area (Å²) in [6.45, 7) is 1.13. The fraction of sp³-hybridized carbons (Fsp3) is 0.375. The number of nitrogens with one attached hydrogen (secondary N) is 1. The van der Waals surface area contributed by atoms with Gasteiger partial charge < -0.3 is 24.1 Å². The third kappa shape index (κ3) is 5.28. The third-order valence-corrected chi connectivity index (χ3v) is 5.85. The SMILES string of the molecule is COCCOc1cc([N+](=O)[O-])c(C(=O)Nc2cc(-c3nnc4n3CCCCC4)ccc2F)cc1OC. The van der Waals surface area contributed by atoms with Gasteiger partial charge in [0.05, 0.1) is 30.4 Å². The summed E-state index contributed by atoms with van der Waals surface area (Å²) in [6.07, 6.45) is 3.92. The molecule has 0 atom stereocenters. The monoisotopic (exact) mass is 499 g/mol. The topological polar surface area (TPSA) is 131 Å². The van der Waals surface area contributed by atoms with Crippen molar-refractivity contribution in [2.24, 2.45) is 0 Å². The molecule has 1 aliphatic rings. The number of hydrogen-bond donors (Lipinski definition) is 1. The number of fused-ring (bicyclic) bond motifs is 1. The molecule has 1 amide bonds. The first-order valence-corrected chi connectivity index (χ1v) is 11.4. The molecule has 0 unspecified atom stereocenters. The molecule has 3 aromatic rings. The Balaban J connectivity index is 1.65. The Kier molecular flexibility index (Phi) is 7.74. The van der Waals surface area contributed by atoms with Crippen LogP contribution < -0.4 is 14.8 Å². The minimum Gasteiger partial charge on any atom is -0.493 e. The molecule has 0 fully saturated rings. The highest BCUT2D eigenvalue weighted by atomic mass is 19.1. The van der Waals surface area contributed by atoms with Gasteiger partial charge in [0.15, 0.2) is 17.3 Å². The van der Waals surface area contributed by atoms with Crippen LogP contribution in [0.3, 0.4) is 0 Å². The Bertz CT molecular complexity index is 1280. The zero-order valence-corrected chi connectivity index (χ0v) is 20.0. The van der Waals surface area contributed by atoms with E-state index in [1.807, 2.05) is 4.57 Å². The molecule has 1 aliphatic heterocycles. The van der Waals surface area contributed by atoms with Gasteiger partial charge in [-0.3, -0.25) is 14.9 Å². The van der Waals surface area contributed by atoms with E-state index in [1.165, 1.54) is 32.4 Å². The molecule has 0 aliphatic carbocycles. The van der Waals surface area contributed by atoms with Crippen molar-refractivity contribution in [3.05, 3.63) is 57.7 Å². The van der Waals surface area contributed by atoms with Gasteiger partial charge >= 0.3 is 0 Å². The van der Waals surface area contributed by atoms with E-state index in [0.29, 0.717) is 11.4 Å². The molecule has 190 valence electrons. The van der Waals surface area contributed by atoms with E-state index in [9.17, 15) is 19.3 Å². The Labute approximate surface area is 206 Å². The number of anilines is 1. The van der Waals surface area contributed by atoms with Crippen molar-refractivity contribution in [2.75, 3.05) is 32.8 Å². The predicted molar refractivity (Wildman–Crippen MR) is 128 cm³/mol. The number of ether oxygens (including phenoxy) is 3. The largest absolute Gasteiger partial charge is 0.493 e. The summed E-state index contributed by atoms with van der Waals surface area (Å²) < 4.78 is 32.3. The van der Waals surface area contributed by atoms with Crippen LogP contribution >= 0.6 is 0 Å². The molecule has 2 heterocycles. The first-order valence-electron chi connectivity index (χ1n) is 11.4. The summed E-state index contributed by atoms with van der Waals surface area (Å²) in [5.74, 6) is 0.0673. The van der Waals surface area contributed by atoms with Crippen LogP contribution in [0.1, 0.15) is 35.4 Å². The Morgan fingerprint density at radius 3 is 2.72 bits per heavy atom. The number of hydrogen-bond acceptors (Lipinski definition) is 8. The number of nitro groups is 1. The maximum atomic E-state index is 14.7. The summed E-state index contributed by atoms with van der Waals surface area (Å²) >= 11 is 0. The smallest absolute Gasteiger partial charge is 0.286 e. The van der Waals surface area contributed by atoms with Crippen molar-refractivity contribution in [2.45, 2.75) is 32.2 Å². The molecule has 36 heavy (non-hydrogen) atoms. The second-order valence-electron chi connectivity index (χ2n) is 8.17. The highest BCUT2D eigenvalue weighted by Crippen LogP contribution is 2.35. The van der Waals surface area contributed by atoms with E-state index in [0.717, 1.165) is 44.1 Å². The van der Waals surface area contributed by atoms with Gasteiger partial charge in [0.1, 0.15) is 23.8 Å². The lowest BCUT2D eigenvalue weighted by Crippen LogP contribution is -2.16. The van der Waals surface area contributed by atoms with Crippen molar-refractivity contribution < 1.29 is 28.3 Å². The lowest BCUT2D eigenvalue weighted by molar-refractivity contribution is -0.385. The highest BCUT2D eigenvalue weighted by Gasteiger charge is 2.26. The molecule has 0 saturated heterocycles. The van der Waals surface area contributed by atoms with Crippen LogP contribution in [0, 0.1) is 15.9 Å². The van der Waals surface area contributed by atoms with E-state index in [1.54, 1.807) is 6.07 Å². The van der Waals surface area contributed by atoms with Gasteiger partial charge in [-0.25, -0.2) is 4.39 Å². The number of halogens is 1. The van der Waals surface area contributed by atoms with Crippen LogP contribution in [0.2, 0.25) is 0 Å². The number of carbonyl (C=O) groups is 1. The molecule has 1 N–H and O–H groups in total. The minimum absolute atomic E-state index is 0.0819. The first-order chi connectivity index (χ1) is 17.4. The fourth-order valence-electron chi connectivity index (χ4n) is 4.04. The highest BCUT2D eigenvalue weighted by molar-refractivity contribution is 6.07. The number of methoxy groups -OCH3 is 2. The number of aromatic nitrogens is 3. The number of benzene rings is 2. The molecular formula is C24H26FN5O6. The lowest BCUT2D eigenvalue weighted by Gasteiger charge is -2.13. The second kappa shape index (κ2) is 11.1. The number of carbonyl (C=O) groups excluding carboxylic acids is 1. The van der Waals surface area contributed by atoms with E-state index in [2.05, 4.69) is 15.5 Å². The van der Waals surface area contributed by atoms with Crippen molar-refractivity contribution in [3.63, 3.8) is 0 Å². The van der Waals surface area contributed by atoms with E-state index in [4.69, 9.17) is 14.2 Å². The summed E-state index contributed by atoms with van der Waals surface area (Å²) in [5.41, 5.74) is -0.393. The number of aryl methyl sites for hydroxylation is 1. The molecule has 0 radical (unpaired) electrons. The second-order valence-corrected chi connectivity index (χ2v) is 8.17. The molecule has 1 aromatic heterocycles. The summed E-state index contributed by atoms with van der Waals surface area (Å²) in [4.78, 5) is 24.1. The van der Waals surface area contributed by atoms with Crippen LogP contribution in [0.25, 0.3) is 11.4 Å². The zero-order chi connectivity index (χ0) is 25.7. The van der Waals surface area contributed by atoms with Gasteiger partial charge in [-0.15, -0.1) is 10.2 Å². The molecule has 0 saturated carbocycles. The standard InChI is InChI=1S/C24H26FN5O6/c1-34-10-11-36-21-14-19(30(32)33)16(13-20(21)35-2)24(31)26-18-12-15(7-8-17(18)25)23-28-27-22-6-4-3-5-9-29(22)23/h7-8,12-14H,3-6,9-11H2,1-2H3,(H,26,31). The Hall–Kier alpha value is -4.06. The molecular weight excluding hydrogens is 473 g/mol. The van der Waals surface area contributed by atoms with Crippen molar-refractivity contribution >= 4 is 17.3 Å². The quantitative estimate of drug-likeness (QED) is 0.266. The van der Waals surface area contributed by atoms with Crippen LogP contribution in [-0.2, 0) is 17.7 Å². The van der Waals surface area contributed by atoms with Crippen molar-refractivity contribution in [3.8, 4) is 22.9 Å². The fourth-order valence-corrected chi connectivity index (χ4v) is 4.04. The van der Waals surface area contributed by atoms with Crippen molar-refractivity contribution in [1.29, 1.82) is 0 Å². The van der Waals surface area contributed by atoms with Crippen molar-refractivity contribution in [1.82, 2.24) is 14.8 Å². The van der Waals surface area contributed by atoms with Gasteiger partial charge in [0.25, 0.3) is 11.6 Å². The molecule has 4 rings (SSSR count). The maximum absolute atomic E-state index is 14.7. The lowest BCUT2D eigenvalue weighted by atomic mass is 10.1. The van der Waals surface area contributed by atoms with Crippen LogP contribution in [-0.4, -0.2) is 53.0 Å². The number of nitro benzene ring substituents is 1. The number of nitrogens with zero attached hydrogens (tertiary/aromatic N) is 4.